The second-order valence-electron chi connectivity index (χ2n) is 11.9. The van der Waals surface area contributed by atoms with Gasteiger partial charge in [-0.1, -0.05) is 0 Å². The zero-order valence-electron chi connectivity index (χ0n) is 27.2. The lowest BCUT2D eigenvalue weighted by atomic mass is 9.82. The van der Waals surface area contributed by atoms with Gasteiger partial charge in [0.2, 0.25) is 0 Å². The standard InChI is InChI=1S/C29H53BN2O11/c1-27(2,3)41-26(33)24-40-21-20-39-19-18-38-17-16-37-15-14-36-13-12-35-11-10-34-9-8-32-23-25(22-31-32)30-42-28(4,5)29(6,7)43-30/h22-23H,8-21,24H2,1-7H3. The third-order valence-corrected chi connectivity index (χ3v) is 6.52. The smallest absolute Gasteiger partial charge is 0.458 e. The summed E-state index contributed by atoms with van der Waals surface area (Å²) in [4.78, 5) is 11.5. The summed E-state index contributed by atoms with van der Waals surface area (Å²) in [5, 5.41) is 4.38. The van der Waals surface area contributed by atoms with Gasteiger partial charge in [0, 0.05) is 17.9 Å². The molecule has 0 amide bonds. The zero-order valence-corrected chi connectivity index (χ0v) is 27.2. The van der Waals surface area contributed by atoms with Gasteiger partial charge in [0.15, 0.2) is 0 Å². The molecule has 248 valence electrons. The molecule has 0 unspecified atom stereocenters. The summed E-state index contributed by atoms with van der Waals surface area (Å²) < 4.78 is 57.3. The summed E-state index contributed by atoms with van der Waals surface area (Å²) in [6.07, 6.45) is 3.71. The van der Waals surface area contributed by atoms with Gasteiger partial charge in [-0.3, -0.25) is 4.68 Å². The number of carbonyl (C=O) groups is 1. The van der Waals surface area contributed by atoms with Crippen molar-refractivity contribution in [1.82, 2.24) is 9.78 Å². The zero-order chi connectivity index (χ0) is 31.6. The molecule has 1 aliphatic rings. The van der Waals surface area contributed by atoms with Crippen LogP contribution in [0.3, 0.4) is 0 Å². The molecule has 14 heteroatoms. The van der Waals surface area contributed by atoms with Crippen LogP contribution in [-0.2, 0) is 58.5 Å². The van der Waals surface area contributed by atoms with Gasteiger partial charge in [-0.25, -0.2) is 4.79 Å². The van der Waals surface area contributed by atoms with Crippen LogP contribution in [0.1, 0.15) is 48.5 Å². The van der Waals surface area contributed by atoms with E-state index in [1.165, 1.54) is 0 Å². The Kier molecular flexibility index (Phi) is 17.2. The first-order valence-corrected chi connectivity index (χ1v) is 15.0. The summed E-state index contributed by atoms with van der Waals surface area (Å²) in [7, 11) is -0.412. The van der Waals surface area contributed by atoms with Crippen LogP contribution < -0.4 is 5.46 Å². The van der Waals surface area contributed by atoms with E-state index in [4.69, 9.17) is 47.2 Å². The molecule has 0 atom stereocenters. The number of hydrogen-bond acceptors (Lipinski definition) is 12. The Morgan fingerprint density at radius 2 is 1.12 bits per heavy atom. The fourth-order valence-corrected chi connectivity index (χ4v) is 3.61. The second kappa shape index (κ2) is 19.7. The summed E-state index contributed by atoms with van der Waals surface area (Å²) in [6.45, 7) is 20.2. The summed E-state index contributed by atoms with van der Waals surface area (Å²) in [6, 6.07) is 0. The van der Waals surface area contributed by atoms with Crippen molar-refractivity contribution in [2.45, 2.75) is 71.8 Å². The highest BCUT2D eigenvalue weighted by atomic mass is 16.7. The highest BCUT2D eigenvalue weighted by molar-refractivity contribution is 6.62. The number of aromatic nitrogens is 2. The summed E-state index contributed by atoms with van der Waals surface area (Å²) in [5.41, 5.74) is -0.356. The molecule has 0 aromatic carbocycles. The minimum atomic E-state index is -0.510. The SMILES string of the molecule is CC(C)(C)OC(=O)COCCOCCOCCOCCOCCOCCOCCn1cc(B2OC(C)(C)C(C)(C)O2)cn1. The fourth-order valence-electron chi connectivity index (χ4n) is 3.61. The van der Waals surface area contributed by atoms with Crippen LogP contribution >= 0.6 is 0 Å². The van der Waals surface area contributed by atoms with Crippen LogP contribution in [0.2, 0.25) is 0 Å². The Morgan fingerprint density at radius 1 is 0.721 bits per heavy atom. The molecule has 13 nitrogen and oxygen atoms in total. The largest absolute Gasteiger partial charge is 0.498 e. The maximum atomic E-state index is 11.5. The number of ether oxygens (including phenoxy) is 8. The van der Waals surface area contributed by atoms with Gasteiger partial charge in [0.05, 0.1) is 104 Å². The topological polar surface area (TPSA) is 127 Å². The van der Waals surface area contributed by atoms with Crippen LogP contribution in [0.25, 0.3) is 0 Å². The van der Waals surface area contributed by atoms with Crippen LogP contribution in [0.4, 0.5) is 0 Å². The third kappa shape index (κ3) is 16.3. The second-order valence-corrected chi connectivity index (χ2v) is 11.9. The van der Waals surface area contributed by atoms with Gasteiger partial charge in [-0.05, 0) is 48.5 Å². The van der Waals surface area contributed by atoms with E-state index in [-0.39, 0.29) is 23.8 Å². The van der Waals surface area contributed by atoms with Crippen LogP contribution in [-0.4, -0.2) is 132 Å². The molecule has 43 heavy (non-hydrogen) atoms. The predicted molar refractivity (Wildman–Crippen MR) is 160 cm³/mol. The lowest BCUT2D eigenvalue weighted by molar-refractivity contribution is -0.160. The van der Waals surface area contributed by atoms with Gasteiger partial charge >= 0.3 is 13.1 Å². The molecule has 2 rings (SSSR count). The first kappa shape index (κ1) is 37.6. The molecule has 1 aliphatic heterocycles. The quantitative estimate of drug-likeness (QED) is 0.0952. The molecule has 0 aliphatic carbocycles. The summed E-state index contributed by atoms with van der Waals surface area (Å²) >= 11 is 0. The van der Waals surface area contributed by atoms with Crippen molar-refractivity contribution >= 4 is 18.6 Å². The lowest BCUT2D eigenvalue weighted by Crippen LogP contribution is -2.41. The van der Waals surface area contributed by atoms with E-state index in [1.807, 2.05) is 59.3 Å². The van der Waals surface area contributed by atoms with Crippen molar-refractivity contribution in [3.63, 3.8) is 0 Å². The van der Waals surface area contributed by atoms with Crippen molar-refractivity contribution in [3.05, 3.63) is 12.4 Å². The van der Waals surface area contributed by atoms with Crippen molar-refractivity contribution in [3.8, 4) is 0 Å². The van der Waals surface area contributed by atoms with Gasteiger partial charge in [0.25, 0.3) is 0 Å². The molecule has 1 aromatic rings. The minimum absolute atomic E-state index is 0.0817. The maximum absolute atomic E-state index is 11.5. The number of esters is 1. The van der Waals surface area contributed by atoms with Crippen molar-refractivity contribution < 1.29 is 52.0 Å². The number of carbonyl (C=O) groups excluding carboxylic acids is 1. The van der Waals surface area contributed by atoms with E-state index >= 15 is 0 Å². The van der Waals surface area contributed by atoms with E-state index in [2.05, 4.69) is 5.10 Å². The Hall–Kier alpha value is -1.62. The summed E-state index contributed by atoms with van der Waals surface area (Å²) in [5.74, 6) is -0.385. The van der Waals surface area contributed by atoms with Crippen molar-refractivity contribution in [2.75, 3.05) is 92.5 Å². The predicted octanol–water partition coefficient (Wildman–Crippen LogP) is 1.64. The van der Waals surface area contributed by atoms with Crippen molar-refractivity contribution in [1.29, 1.82) is 0 Å². The van der Waals surface area contributed by atoms with Crippen molar-refractivity contribution in [2.24, 2.45) is 0 Å². The first-order valence-electron chi connectivity index (χ1n) is 15.0. The van der Waals surface area contributed by atoms with E-state index in [9.17, 15) is 4.79 Å². The molecule has 2 heterocycles. The number of nitrogens with zero attached hydrogens (tertiary/aromatic N) is 2. The van der Waals surface area contributed by atoms with Crippen LogP contribution in [0, 0.1) is 0 Å². The Balaban J connectivity index is 1.28. The highest BCUT2D eigenvalue weighted by Crippen LogP contribution is 2.36. The van der Waals surface area contributed by atoms with E-state index in [1.54, 1.807) is 6.20 Å². The molecule has 1 fully saturated rings. The van der Waals surface area contributed by atoms with Gasteiger partial charge < -0.3 is 47.2 Å². The molecule has 0 saturated carbocycles. The average molecular weight is 617 g/mol. The minimum Gasteiger partial charge on any atom is -0.458 e. The third-order valence-electron chi connectivity index (χ3n) is 6.52. The first-order chi connectivity index (χ1) is 20.4. The van der Waals surface area contributed by atoms with Gasteiger partial charge in [-0.15, -0.1) is 0 Å². The molecule has 1 aromatic heterocycles. The molecule has 1 saturated heterocycles. The monoisotopic (exact) mass is 616 g/mol. The molecular formula is C29H53BN2O11. The lowest BCUT2D eigenvalue weighted by Gasteiger charge is -2.32. The Labute approximate surface area is 257 Å². The number of hydrogen-bond donors (Lipinski definition) is 0. The maximum Gasteiger partial charge on any atom is 0.498 e. The average Bonchev–Trinajstić information content (AvgIpc) is 3.47. The Bertz CT molecular complexity index is 876. The van der Waals surface area contributed by atoms with Gasteiger partial charge in [0.1, 0.15) is 12.2 Å². The molecular weight excluding hydrogens is 563 g/mol. The van der Waals surface area contributed by atoms with E-state index in [0.29, 0.717) is 92.4 Å². The van der Waals surface area contributed by atoms with Gasteiger partial charge in [-0.2, -0.15) is 5.10 Å². The fraction of sp³-hybridized carbons (Fsp3) is 0.862. The van der Waals surface area contributed by atoms with Crippen LogP contribution in [0.5, 0.6) is 0 Å². The molecule has 0 N–H and O–H groups in total. The van der Waals surface area contributed by atoms with E-state index < -0.39 is 12.7 Å². The van der Waals surface area contributed by atoms with Crippen LogP contribution in [0.15, 0.2) is 12.4 Å². The normalized spacial score (nSPS) is 16.2. The Morgan fingerprint density at radius 3 is 1.53 bits per heavy atom. The number of rotatable bonds is 24. The highest BCUT2D eigenvalue weighted by Gasteiger charge is 2.52. The molecule has 0 bridgehead atoms. The molecule has 0 radical (unpaired) electrons. The molecule has 0 spiro atoms. The van der Waals surface area contributed by atoms with E-state index in [0.717, 1.165) is 5.46 Å².